The van der Waals surface area contributed by atoms with Crippen molar-refractivity contribution in [3.8, 4) is 5.75 Å². The molecule has 0 N–H and O–H groups in total. The maximum absolute atomic E-state index is 14.2. The summed E-state index contributed by atoms with van der Waals surface area (Å²) in [4.78, 5) is 27.7. The van der Waals surface area contributed by atoms with Gasteiger partial charge in [0.2, 0.25) is 5.79 Å². The lowest BCUT2D eigenvalue weighted by molar-refractivity contribution is -0.338. The number of benzene rings is 2. The molecule has 15 nitrogen and oxygen atoms in total. The van der Waals surface area contributed by atoms with Gasteiger partial charge in [-0.2, -0.15) is 12.5 Å². The summed E-state index contributed by atoms with van der Waals surface area (Å²) in [6.45, 7) is 36.7. The maximum Gasteiger partial charge on any atom is 0.380 e. The van der Waals surface area contributed by atoms with Crippen LogP contribution >= 0.6 is 21.6 Å². The van der Waals surface area contributed by atoms with E-state index in [1.807, 2.05) is 75.4 Å². The van der Waals surface area contributed by atoms with Gasteiger partial charge in [0.25, 0.3) is 0 Å². The SMILES string of the molecule is C=C1C[C@@H](C[C@H]2C[C@@H](O[Si](C)(C)C(C)(C)C)C[C@@H](C[C@H](CCOB(P)S)OCc3ccc(OC)cc3)O2)O[C@@H](/C=C/C(C)(C)[C@]2(OC)O[C@H](C[C@@H](O[Si](C)(C)C(C)(C)C)[C@@H](C)OCOCc3ccccc3)C/C(=C\C(=O)OC)[C@@H]2OC(=O)CCCCCCC)C1. The maximum atomic E-state index is 14.2. The fraction of sp³-hybridized carbons (Fsp3) is 0.714. The van der Waals surface area contributed by atoms with Gasteiger partial charge in [0.15, 0.2) is 22.7 Å². The van der Waals surface area contributed by atoms with Crippen LogP contribution < -0.4 is 4.74 Å². The van der Waals surface area contributed by atoms with Gasteiger partial charge >= 0.3 is 17.9 Å². The molecule has 3 saturated heterocycles. The Kier molecular flexibility index (Phi) is 31.5. The zero-order chi connectivity index (χ0) is 66.5. The van der Waals surface area contributed by atoms with Crippen molar-refractivity contribution < 1.29 is 70.5 Å². The molecule has 0 radical (unpaired) electrons. The number of thiol groups is 1. The number of ether oxygens (including phenoxy) is 10. The van der Waals surface area contributed by atoms with Crippen LogP contribution in [0.25, 0.3) is 0 Å². The molecule has 1 unspecified atom stereocenters. The van der Waals surface area contributed by atoms with Gasteiger partial charge < -0.3 is 60.9 Å². The molecular weight excluding hydrogens is 1210 g/mol. The Morgan fingerprint density at radius 2 is 1.48 bits per heavy atom. The van der Waals surface area contributed by atoms with Crippen LogP contribution in [0.4, 0.5) is 0 Å². The van der Waals surface area contributed by atoms with E-state index in [9.17, 15) is 9.59 Å². The predicted molar refractivity (Wildman–Crippen MR) is 372 cm³/mol. The van der Waals surface area contributed by atoms with E-state index in [4.69, 9.17) is 60.9 Å². The van der Waals surface area contributed by atoms with E-state index in [1.54, 1.807) is 14.2 Å². The average Bonchev–Trinajstić information content (AvgIpc) is 0.788. The van der Waals surface area contributed by atoms with E-state index < -0.39 is 64.2 Å². The second kappa shape index (κ2) is 36.4. The molecule has 3 fully saturated rings. The minimum atomic E-state index is -2.44. The summed E-state index contributed by atoms with van der Waals surface area (Å²) >= 11 is 4.46. The third kappa shape index (κ3) is 24.5. The van der Waals surface area contributed by atoms with Crippen LogP contribution in [-0.4, -0.2) is 136 Å². The van der Waals surface area contributed by atoms with Crippen molar-refractivity contribution in [1.29, 1.82) is 0 Å². The Balaban J connectivity index is 1.46. The van der Waals surface area contributed by atoms with Gasteiger partial charge in [-0.15, -0.1) is 9.12 Å². The van der Waals surface area contributed by atoms with Crippen molar-refractivity contribution >= 4 is 56.1 Å². The molecule has 2 aromatic rings. The van der Waals surface area contributed by atoms with E-state index in [0.29, 0.717) is 70.3 Å². The van der Waals surface area contributed by atoms with Gasteiger partial charge in [-0.25, -0.2) is 4.79 Å². The normalized spacial score (nSPS) is 24.6. The van der Waals surface area contributed by atoms with Crippen molar-refractivity contribution in [3.05, 3.63) is 102 Å². The highest BCUT2D eigenvalue weighted by atomic mass is 32.1. The van der Waals surface area contributed by atoms with Gasteiger partial charge in [-0.05, 0) is 123 Å². The summed E-state index contributed by atoms with van der Waals surface area (Å²) in [6.07, 6.45) is 12.2. The standard InChI is InChI=1S/C70H116BO15PSSi2/c1-19-20-21-22-26-29-64(72)83-66-54(41-65(73)75-13)40-61(46-63(86-90(17,18)68(7,8)9)51(3)79-49-77-47-52-27-24-23-25-28-52)84-70(66,76-14)69(10,11)36-34-57-38-50(2)39-58(81-57)43-60-45-62(85-89(15,16)67(4,5)6)44-59(82-60)42-56(35-37-80-71(87)88)78-48-53-30-32-55(74-12)33-31-53/h23-25,27-28,30-34,36,41,51,56-63,66,88H,2,19-22,26,29,35,37-40,42-49,87H2,1,3-18H3/b36-34+,54-41+/t51-,56+,57+,58+,59-,60+,61+,62+,63-,66+,70-/m1/s1. The highest BCUT2D eigenvalue weighted by Gasteiger charge is 2.59. The largest absolute Gasteiger partial charge is 0.497 e. The van der Waals surface area contributed by atoms with Crippen molar-refractivity contribution in [3.63, 3.8) is 0 Å². The van der Waals surface area contributed by atoms with Crippen LogP contribution in [-0.2, 0) is 78.9 Å². The fourth-order valence-corrected chi connectivity index (χ4v) is 14.7. The number of methoxy groups -OCH3 is 3. The van der Waals surface area contributed by atoms with E-state index in [-0.39, 0.29) is 72.2 Å². The first-order valence-corrected chi connectivity index (χ1v) is 40.1. The Labute approximate surface area is 553 Å². The third-order valence-corrected chi connectivity index (χ3v) is 28.3. The molecule has 0 spiro atoms. The molecule has 2 aromatic carbocycles. The number of hydrogen-bond donors (Lipinski definition) is 1. The average molecular weight is 1330 g/mol. The summed E-state index contributed by atoms with van der Waals surface area (Å²) in [7, 11) is 2.56. The van der Waals surface area contributed by atoms with E-state index in [0.717, 1.165) is 61.0 Å². The minimum absolute atomic E-state index is 0.0142. The molecule has 0 amide bonds. The Morgan fingerprint density at radius 3 is 2.11 bits per heavy atom. The van der Waals surface area contributed by atoms with E-state index >= 15 is 0 Å². The van der Waals surface area contributed by atoms with Crippen LogP contribution in [0.3, 0.4) is 0 Å². The Morgan fingerprint density at radius 1 is 0.811 bits per heavy atom. The van der Waals surface area contributed by atoms with Gasteiger partial charge in [0.05, 0.1) is 76.3 Å². The van der Waals surface area contributed by atoms with Crippen molar-refractivity contribution in [2.75, 3.05) is 34.7 Å². The second-order valence-electron chi connectivity index (χ2n) is 28.8. The molecule has 508 valence electrons. The molecule has 5 rings (SSSR count). The zero-order valence-electron chi connectivity index (χ0n) is 58.1. The number of esters is 2. The molecule has 90 heavy (non-hydrogen) atoms. The molecule has 0 aliphatic carbocycles. The first-order valence-electron chi connectivity index (χ1n) is 33.1. The number of rotatable bonds is 36. The molecule has 0 bridgehead atoms. The molecule has 12 atom stereocenters. The second-order valence-corrected chi connectivity index (χ2v) is 39.9. The Bertz CT molecular complexity index is 2540. The van der Waals surface area contributed by atoms with Gasteiger partial charge in [-0.1, -0.05) is 155 Å². The van der Waals surface area contributed by atoms with Gasteiger partial charge in [0.1, 0.15) is 12.5 Å². The molecule has 3 aliphatic heterocycles. The van der Waals surface area contributed by atoms with E-state index in [1.165, 1.54) is 13.2 Å². The number of unbranched alkanes of at least 4 members (excludes halogenated alkanes) is 4. The summed E-state index contributed by atoms with van der Waals surface area (Å²) < 4.78 is 85.3. The van der Waals surface area contributed by atoms with Crippen LogP contribution in [0.15, 0.2) is 90.6 Å². The summed E-state index contributed by atoms with van der Waals surface area (Å²) in [5, 5.41) is -0.112. The van der Waals surface area contributed by atoms with Crippen LogP contribution in [0.5, 0.6) is 5.75 Å². The molecule has 20 heteroatoms. The first-order chi connectivity index (χ1) is 42.3. The van der Waals surface area contributed by atoms with E-state index in [2.05, 4.69) is 115 Å². The lowest BCUT2D eigenvalue weighted by atomic mass is 9.73. The molecule has 3 aliphatic rings. The van der Waals surface area contributed by atoms with Crippen molar-refractivity contribution in [2.24, 2.45) is 5.41 Å². The topological polar surface area (TPSA) is 154 Å². The molecule has 0 aromatic heterocycles. The number of hydrogen-bond acceptors (Lipinski definition) is 16. The fourth-order valence-electron chi connectivity index (χ4n) is 11.6. The lowest BCUT2D eigenvalue weighted by Gasteiger charge is -2.53. The van der Waals surface area contributed by atoms with Crippen LogP contribution in [0, 0.1) is 5.41 Å². The van der Waals surface area contributed by atoms with Crippen molar-refractivity contribution in [1.82, 2.24) is 0 Å². The smallest absolute Gasteiger partial charge is 0.380 e. The summed E-state index contributed by atoms with van der Waals surface area (Å²) in [6, 6.07) is 18.0. The van der Waals surface area contributed by atoms with Gasteiger partial charge in [0, 0.05) is 50.6 Å². The monoisotopic (exact) mass is 1330 g/mol. The summed E-state index contributed by atoms with van der Waals surface area (Å²) in [5.74, 6) is -2.14. The Hall–Kier alpha value is -2.72. The molecule has 0 saturated carbocycles. The predicted octanol–water partition coefficient (Wildman–Crippen LogP) is 16.0. The summed E-state index contributed by atoms with van der Waals surface area (Å²) in [5.41, 5.74) is 2.64. The molecule has 3 heterocycles. The first kappa shape index (κ1) is 78.0. The highest BCUT2D eigenvalue weighted by Crippen LogP contribution is 2.50. The van der Waals surface area contributed by atoms with Crippen LogP contribution in [0.1, 0.15) is 177 Å². The highest BCUT2D eigenvalue weighted by molar-refractivity contribution is 8.23. The number of carbonyl (C=O) groups is 2. The molecular formula is C70H116BO15PSSi2. The lowest BCUT2D eigenvalue weighted by Crippen LogP contribution is -2.63. The zero-order valence-corrected chi connectivity index (χ0v) is 62.1. The third-order valence-electron chi connectivity index (χ3n) is 19.0. The number of carbonyl (C=O) groups excluding carboxylic acids is 2. The quantitative estimate of drug-likeness (QED) is 0.0100. The minimum Gasteiger partial charge on any atom is -0.497 e. The van der Waals surface area contributed by atoms with Gasteiger partial charge in [-0.3, -0.25) is 4.79 Å². The van der Waals surface area contributed by atoms with Crippen molar-refractivity contribution in [2.45, 2.75) is 282 Å². The van der Waals surface area contributed by atoms with Crippen LogP contribution in [0.2, 0.25) is 36.3 Å².